The van der Waals surface area contributed by atoms with Crippen LogP contribution in [0.1, 0.15) is 59.6 Å². The molecule has 2 aromatic carbocycles. The van der Waals surface area contributed by atoms with E-state index in [9.17, 15) is 14.7 Å². The smallest absolute Gasteiger partial charge is 0.410 e. The summed E-state index contributed by atoms with van der Waals surface area (Å²) in [5.41, 5.74) is 2.08. The van der Waals surface area contributed by atoms with E-state index in [1.54, 1.807) is 29.2 Å². The number of carboxylic acids is 1. The number of nitrogens with zero attached hydrogens (tertiary/aromatic N) is 1. The zero-order valence-corrected chi connectivity index (χ0v) is 17.6. The van der Waals surface area contributed by atoms with E-state index in [-0.39, 0.29) is 30.4 Å². The molecule has 0 spiro atoms. The third kappa shape index (κ3) is 5.44. The van der Waals surface area contributed by atoms with Gasteiger partial charge in [-0.25, -0.2) is 9.59 Å². The Bertz CT molecular complexity index is 879. The first-order chi connectivity index (χ1) is 15.1. The number of carbonyl (C=O) groups is 2. The minimum absolute atomic E-state index is 0.0860. The van der Waals surface area contributed by atoms with Gasteiger partial charge < -0.3 is 19.5 Å². The molecule has 31 heavy (non-hydrogen) atoms. The zero-order chi connectivity index (χ0) is 21.6. The van der Waals surface area contributed by atoms with Crippen LogP contribution in [0, 0.1) is 5.92 Å². The fourth-order valence-electron chi connectivity index (χ4n) is 4.20. The van der Waals surface area contributed by atoms with Gasteiger partial charge in [-0.2, -0.15) is 0 Å². The third-order valence-corrected chi connectivity index (χ3v) is 6.33. The Morgan fingerprint density at radius 2 is 1.74 bits per heavy atom. The number of carboxylic acid groups (broad SMARTS) is 1. The van der Waals surface area contributed by atoms with E-state index in [1.165, 1.54) is 19.3 Å². The van der Waals surface area contributed by atoms with Gasteiger partial charge >= 0.3 is 12.1 Å². The van der Waals surface area contributed by atoms with Gasteiger partial charge in [0.15, 0.2) is 0 Å². The second kappa shape index (κ2) is 9.96. The fourth-order valence-corrected chi connectivity index (χ4v) is 4.20. The molecule has 2 fully saturated rings. The van der Waals surface area contributed by atoms with Crippen LogP contribution in [0.5, 0.6) is 0 Å². The molecule has 1 aliphatic heterocycles. The maximum absolute atomic E-state index is 12.9. The van der Waals surface area contributed by atoms with Crippen LogP contribution in [-0.2, 0) is 16.1 Å². The van der Waals surface area contributed by atoms with E-state index in [2.05, 4.69) is 0 Å². The summed E-state index contributed by atoms with van der Waals surface area (Å²) in [5, 5.41) is 9.19. The van der Waals surface area contributed by atoms with E-state index < -0.39 is 5.97 Å². The Morgan fingerprint density at radius 3 is 2.39 bits per heavy atom. The third-order valence-electron chi connectivity index (χ3n) is 6.33. The maximum atomic E-state index is 12.9. The Labute approximate surface area is 182 Å². The van der Waals surface area contributed by atoms with Crippen molar-refractivity contribution in [1.82, 2.24) is 4.90 Å². The molecule has 6 heteroatoms. The molecule has 6 nitrogen and oxygen atoms in total. The largest absolute Gasteiger partial charge is 0.478 e. The minimum atomic E-state index is -0.962. The average Bonchev–Trinajstić information content (AvgIpc) is 2.77. The van der Waals surface area contributed by atoms with Crippen LogP contribution in [0.2, 0.25) is 0 Å². The SMILES string of the molecule is O=C(O)c1ccc([C@@H]2C[C@@H](OCC3CCC3)CCN2C(=O)OCc2ccccc2)cc1. The van der Waals surface area contributed by atoms with Crippen molar-refractivity contribution in [3.63, 3.8) is 0 Å². The van der Waals surface area contributed by atoms with Crippen molar-refractivity contribution in [3.8, 4) is 0 Å². The molecule has 2 aliphatic rings. The summed E-state index contributed by atoms with van der Waals surface area (Å²) in [6.45, 7) is 1.56. The number of benzene rings is 2. The standard InChI is InChI=1S/C25H29NO5/c27-24(28)21-11-9-20(10-12-21)23-15-22(30-16-19-7-4-8-19)13-14-26(23)25(29)31-17-18-5-2-1-3-6-18/h1-3,5-6,9-12,19,22-23H,4,7-8,13-17H2,(H,27,28)/t22-,23-/m0/s1. The molecule has 4 rings (SSSR count). The quantitative estimate of drug-likeness (QED) is 0.675. The lowest BCUT2D eigenvalue weighted by Gasteiger charge is -2.39. The lowest BCUT2D eigenvalue weighted by Crippen LogP contribution is -2.44. The summed E-state index contributed by atoms with van der Waals surface area (Å²) in [6, 6.07) is 16.2. The number of amides is 1. The van der Waals surface area contributed by atoms with E-state index in [4.69, 9.17) is 9.47 Å². The number of rotatable bonds is 7. The molecular weight excluding hydrogens is 394 g/mol. The second-order valence-corrected chi connectivity index (χ2v) is 8.45. The summed E-state index contributed by atoms with van der Waals surface area (Å²) >= 11 is 0. The predicted molar refractivity (Wildman–Crippen MR) is 116 cm³/mol. The molecule has 1 amide bonds. The number of hydrogen-bond donors (Lipinski definition) is 1. The molecule has 2 aromatic rings. The highest BCUT2D eigenvalue weighted by Crippen LogP contribution is 2.35. The normalized spacial score (nSPS) is 21.4. The van der Waals surface area contributed by atoms with Gasteiger partial charge in [-0.1, -0.05) is 48.9 Å². The molecule has 0 unspecified atom stereocenters. The molecular formula is C25H29NO5. The molecule has 0 bridgehead atoms. The molecule has 1 saturated carbocycles. The first-order valence-electron chi connectivity index (χ1n) is 11.0. The van der Waals surface area contributed by atoms with Crippen LogP contribution in [-0.4, -0.2) is 41.3 Å². The monoisotopic (exact) mass is 423 g/mol. The summed E-state index contributed by atoms with van der Waals surface area (Å²) in [7, 11) is 0. The van der Waals surface area contributed by atoms with E-state index >= 15 is 0 Å². The second-order valence-electron chi connectivity index (χ2n) is 8.45. The van der Waals surface area contributed by atoms with Gasteiger partial charge in [0, 0.05) is 13.2 Å². The van der Waals surface area contributed by atoms with Crippen LogP contribution in [0.25, 0.3) is 0 Å². The van der Waals surface area contributed by atoms with Crippen LogP contribution in [0.15, 0.2) is 54.6 Å². The Morgan fingerprint density at radius 1 is 1.00 bits per heavy atom. The van der Waals surface area contributed by atoms with Gasteiger partial charge in [-0.3, -0.25) is 0 Å². The first kappa shape index (κ1) is 21.4. The zero-order valence-electron chi connectivity index (χ0n) is 17.6. The van der Waals surface area contributed by atoms with Crippen molar-refractivity contribution >= 4 is 12.1 Å². The molecule has 1 aliphatic carbocycles. The highest BCUT2D eigenvalue weighted by Gasteiger charge is 2.34. The highest BCUT2D eigenvalue weighted by molar-refractivity contribution is 5.87. The molecule has 0 radical (unpaired) electrons. The summed E-state index contributed by atoms with van der Waals surface area (Å²) in [5.74, 6) is -0.293. The Balaban J connectivity index is 1.45. The Hall–Kier alpha value is -2.86. The number of carbonyl (C=O) groups excluding carboxylic acids is 1. The van der Waals surface area contributed by atoms with Gasteiger partial charge in [0.1, 0.15) is 6.61 Å². The number of hydrogen-bond acceptors (Lipinski definition) is 4. The molecule has 164 valence electrons. The lowest BCUT2D eigenvalue weighted by atomic mass is 9.86. The number of aromatic carboxylic acids is 1. The van der Waals surface area contributed by atoms with Gasteiger partial charge in [-0.05, 0) is 54.9 Å². The molecule has 2 atom stereocenters. The van der Waals surface area contributed by atoms with E-state index in [1.807, 2.05) is 30.3 Å². The van der Waals surface area contributed by atoms with Crippen molar-refractivity contribution in [1.29, 1.82) is 0 Å². The fraction of sp³-hybridized carbons (Fsp3) is 0.440. The average molecular weight is 424 g/mol. The first-order valence-corrected chi connectivity index (χ1v) is 11.0. The van der Waals surface area contributed by atoms with Crippen LogP contribution in [0.4, 0.5) is 4.79 Å². The number of piperidine rings is 1. The summed E-state index contributed by atoms with van der Waals surface area (Å²) in [4.78, 5) is 25.9. The van der Waals surface area contributed by atoms with Crippen LogP contribution >= 0.6 is 0 Å². The topological polar surface area (TPSA) is 76.1 Å². The van der Waals surface area contributed by atoms with E-state index in [0.29, 0.717) is 18.9 Å². The number of likely N-dealkylation sites (tertiary alicyclic amines) is 1. The van der Waals surface area contributed by atoms with Gasteiger partial charge in [0.2, 0.25) is 0 Å². The van der Waals surface area contributed by atoms with E-state index in [0.717, 1.165) is 24.2 Å². The van der Waals surface area contributed by atoms with Gasteiger partial charge in [0.25, 0.3) is 0 Å². The molecule has 1 heterocycles. The minimum Gasteiger partial charge on any atom is -0.478 e. The van der Waals surface area contributed by atoms with Crippen molar-refractivity contribution in [3.05, 3.63) is 71.3 Å². The van der Waals surface area contributed by atoms with Crippen molar-refractivity contribution < 1.29 is 24.2 Å². The Kier molecular flexibility index (Phi) is 6.87. The van der Waals surface area contributed by atoms with Crippen molar-refractivity contribution in [2.24, 2.45) is 5.92 Å². The molecule has 1 N–H and O–H groups in total. The predicted octanol–water partition coefficient (Wildman–Crippen LogP) is 5.04. The van der Waals surface area contributed by atoms with Crippen LogP contribution in [0.3, 0.4) is 0 Å². The molecule has 1 saturated heterocycles. The highest BCUT2D eigenvalue weighted by atomic mass is 16.6. The molecule has 0 aromatic heterocycles. The van der Waals surface area contributed by atoms with Gasteiger partial charge in [-0.15, -0.1) is 0 Å². The lowest BCUT2D eigenvalue weighted by molar-refractivity contribution is -0.0383. The summed E-state index contributed by atoms with van der Waals surface area (Å²) in [6.07, 6.45) is 4.96. The van der Waals surface area contributed by atoms with Crippen molar-refractivity contribution in [2.45, 2.75) is 50.9 Å². The van der Waals surface area contributed by atoms with Crippen LogP contribution < -0.4 is 0 Å². The maximum Gasteiger partial charge on any atom is 0.410 e. The van der Waals surface area contributed by atoms with Gasteiger partial charge in [0.05, 0.1) is 17.7 Å². The summed E-state index contributed by atoms with van der Waals surface area (Å²) < 4.78 is 11.8. The van der Waals surface area contributed by atoms with Crippen molar-refractivity contribution in [2.75, 3.05) is 13.2 Å². The number of ether oxygens (including phenoxy) is 2.